The molecule has 1 N–H and O–H groups in total. The number of thioether (sulfide) groups is 1. The van der Waals surface area contributed by atoms with Gasteiger partial charge in [-0.3, -0.25) is 0 Å². The number of nitrogens with one attached hydrogen (secondary N) is 1. The molecule has 0 amide bonds. The van der Waals surface area contributed by atoms with E-state index in [1.54, 1.807) is 0 Å². The summed E-state index contributed by atoms with van der Waals surface area (Å²) in [6.07, 6.45) is 8.41. The Morgan fingerprint density at radius 2 is 2.07 bits per heavy atom. The Kier molecular flexibility index (Phi) is 6.70. The van der Waals surface area contributed by atoms with Crippen LogP contribution in [0.5, 0.6) is 0 Å². The molecule has 14 heavy (non-hydrogen) atoms. The maximum absolute atomic E-state index is 3.48. The summed E-state index contributed by atoms with van der Waals surface area (Å²) in [7, 11) is 2.12. The predicted molar refractivity (Wildman–Crippen MR) is 67.0 cm³/mol. The van der Waals surface area contributed by atoms with Crippen molar-refractivity contribution >= 4 is 11.8 Å². The number of rotatable bonds is 6. The first-order valence-corrected chi connectivity index (χ1v) is 7.27. The van der Waals surface area contributed by atoms with E-state index in [-0.39, 0.29) is 0 Å². The van der Waals surface area contributed by atoms with Gasteiger partial charge in [0.15, 0.2) is 0 Å². The van der Waals surface area contributed by atoms with E-state index in [1.807, 2.05) is 0 Å². The van der Waals surface area contributed by atoms with Crippen LogP contribution in [0.4, 0.5) is 0 Å². The van der Waals surface area contributed by atoms with Crippen molar-refractivity contribution in [1.29, 1.82) is 0 Å². The van der Waals surface area contributed by atoms with Crippen LogP contribution < -0.4 is 5.32 Å². The van der Waals surface area contributed by atoms with E-state index in [9.17, 15) is 0 Å². The minimum absolute atomic E-state index is 0.781. The lowest BCUT2D eigenvalue weighted by molar-refractivity contribution is 0.359. The molecule has 1 nitrogen and oxygen atoms in total. The molecule has 0 radical (unpaired) electrons. The maximum atomic E-state index is 3.48. The molecule has 1 aliphatic rings. The summed E-state index contributed by atoms with van der Waals surface area (Å²) < 4.78 is 0. The second-order valence-corrected chi connectivity index (χ2v) is 5.64. The van der Waals surface area contributed by atoms with Crippen LogP contribution in [0.2, 0.25) is 0 Å². The fraction of sp³-hybridized carbons (Fsp3) is 1.00. The Morgan fingerprint density at radius 3 is 2.64 bits per heavy atom. The number of unbranched alkanes of at least 4 members (excludes halogenated alkanes) is 1. The average molecular weight is 215 g/mol. The van der Waals surface area contributed by atoms with Gasteiger partial charge in [0.05, 0.1) is 0 Å². The van der Waals surface area contributed by atoms with Gasteiger partial charge < -0.3 is 5.32 Å². The monoisotopic (exact) mass is 215 g/mol. The predicted octanol–water partition coefficient (Wildman–Crippen LogP) is 3.30. The van der Waals surface area contributed by atoms with E-state index < -0.39 is 0 Å². The highest BCUT2D eigenvalue weighted by molar-refractivity contribution is 7.99. The largest absolute Gasteiger partial charge is 0.317 e. The SMILES string of the molecule is CCCCC(CC1CCSCC1)NC. The summed E-state index contributed by atoms with van der Waals surface area (Å²) >= 11 is 2.13. The van der Waals surface area contributed by atoms with Crippen LogP contribution in [0.3, 0.4) is 0 Å². The molecule has 0 aromatic carbocycles. The zero-order chi connectivity index (χ0) is 10.2. The Bertz CT molecular complexity index is 132. The van der Waals surface area contributed by atoms with Crippen molar-refractivity contribution in [1.82, 2.24) is 5.32 Å². The molecule has 1 aliphatic heterocycles. The van der Waals surface area contributed by atoms with E-state index in [0.717, 1.165) is 12.0 Å². The summed E-state index contributed by atoms with van der Waals surface area (Å²) in [4.78, 5) is 0. The van der Waals surface area contributed by atoms with Crippen LogP contribution in [0.15, 0.2) is 0 Å². The van der Waals surface area contributed by atoms with Gasteiger partial charge in [-0.1, -0.05) is 19.8 Å². The molecule has 2 heteroatoms. The molecule has 1 heterocycles. The summed E-state index contributed by atoms with van der Waals surface area (Å²) in [5.74, 6) is 3.80. The lowest BCUT2D eigenvalue weighted by atomic mass is 9.92. The van der Waals surface area contributed by atoms with Gasteiger partial charge in [0, 0.05) is 6.04 Å². The molecular weight excluding hydrogens is 190 g/mol. The van der Waals surface area contributed by atoms with Crippen LogP contribution in [-0.2, 0) is 0 Å². The fourth-order valence-electron chi connectivity index (χ4n) is 2.22. The lowest BCUT2D eigenvalue weighted by Gasteiger charge is -2.26. The first kappa shape index (κ1) is 12.4. The highest BCUT2D eigenvalue weighted by atomic mass is 32.2. The topological polar surface area (TPSA) is 12.0 Å². The molecule has 0 aliphatic carbocycles. The van der Waals surface area contributed by atoms with Crippen molar-refractivity contribution in [3.63, 3.8) is 0 Å². The minimum atomic E-state index is 0.781. The molecule has 1 unspecified atom stereocenters. The summed E-state index contributed by atoms with van der Waals surface area (Å²) in [6.45, 7) is 2.28. The van der Waals surface area contributed by atoms with Crippen LogP contribution in [0.1, 0.15) is 45.4 Å². The van der Waals surface area contributed by atoms with Crippen molar-refractivity contribution in [3.05, 3.63) is 0 Å². The third-order valence-corrected chi connectivity index (χ3v) is 4.32. The van der Waals surface area contributed by atoms with Gasteiger partial charge in [0.25, 0.3) is 0 Å². The quantitative estimate of drug-likeness (QED) is 0.729. The van der Waals surface area contributed by atoms with Gasteiger partial charge >= 0.3 is 0 Å². The van der Waals surface area contributed by atoms with Gasteiger partial charge in [-0.05, 0) is 50.2 Å². The second-order valence-electron chi connectivity index (χ2n) is 4.42. The number of hydrogen-bond acceptors (Lipinski definition) is 2. The van der Waals surface area contributed by atoms with E-state index in [2.05, 4.69) is 31.1 Å². The Labute approximate surface area is 93.4 Å². The van der Waals surface area contributed by atoms with E-state index >= 15 is 0 Å². The summed E-state index contributed by atoms with van der Waals surface area (Å²) in [6, 6.07) is 0.781. The van der Waals surface area contributed by atoms with Gasteiger partial charge in [-0.2, -0.15) is 11.8 Å². The molecule has 1 fully saturated rings. The standard InChI is InChI=1S/C12H25NS/c1-3-4-5-12(13-2)10-11-6-8-14-9-7-11/h11-13H,3-10H2,1-2H3. The average Bonchev–Trinajstić information content (AvgIpc) is 2.25. The Morgan fingerprint density at radius 1 is 1.36 bits per heavy atom. The maximum Gasteiger partial charge on any atom is 0.00667 e. The van der Waals surface area contributed by atoms with Crippen LogP contribution in [0, 0.1) is 5.92 Å². The van der Waals surface area contributed by atoms with Crippen molar-refractivity contribution in [2.24, 2.45) is 5.92 Å². The molecule has 0 bridgehead atoms. The molecule has 0 aromatic rings. The molecular formula is C12H25NS. The highest BCUT2D eigenvalue weighted by Crippen LogP contribution is 2.27. The van der Waals surface area contributed by atoms with E-state index in [0.29, 0.717) is 0 Å². The molecule has 0 aromatic heterocycles. The van der Waals surface area contributed by atoms with Crippen molar-refractivity contribution in [2.45, 2.75) is 51.5 Å². The smallest absolute Gasteiger partial charge is 0.00667 e. The van der Waals surface area contributed by atoms with Gasteiger partial charge in [0.2, 0.25) is 0 Å². The van der Waals surface area contributed by atoms with Crippen LogP contribution in [0.25, 0.3) is 0 Å². The lowest BCUT2D eigenvalue weighted by Crippen LogP contribution is -2.29. The normalized spacial score (nSPS) is 21.0. The molecule has 0 saturated carbocycles. The third kappa shape index (κ3) is 4.70. The molecule has 0 spiro atoms. The Hall–Kier alpha value is 0.310. The van der Waals surface area contributed by atoms with Gasteiger partial charge in [0.1, 0.15) is 0 Å². The molecule has 1 atom stereocenters. The molecule has 1 saturated heterocycles. The second kappa shape index (κ2) is 7.58. The first-order valence-electron chi connectivity index (χ1n) is 6.11. The van der Waals surface area contributed by atoms with E-state index in [1.165, 1.54) is 50.0 Å². The van der Waals surface area contributed by atoms with E-state index in [4.69, 9.17) is 0 Å². The fourth-order valence-corrected chi connectivity index (χ4v) is 3.42. The zero-order valence-electron chi connectivity index (χ0n) is 9.72. The van der Waals surface area contributed by atoms with Gasteiger partial charge in [-0.15, -0.1) is 0 Å². The minimum Gasteiger partial charge on any atom is -0.317 e. The number of hydrogen-bond donors (Lipinski definition) is 1. The van der Waals surface area contributed by atoms with Gasteiger partial charge in [-0.25, -0.2) is 0 Å². The van der Waals surface area contributed by atoms with Crippen molar-refractivity contribution < 1.29 is 0 Å². The summed E-state index contributed by atoms with van der Waals surface area (Å²) in [5.41, 5.74) is 0. The molecule has 84 valence electrons. The summed E-state index contributed by atoms with van der Waals surface area (Å²) in [5, 5.41) is 3.48. The van der Waals surface area contributed by atoms with Crippen molar-refractivity contribution in [2.75, 3.05) is 18.6 Å². The third-order valence-electron chi connectivity index (χ3n) is 3.27. The van der Waals surface area contributed by atoms with Crippen LogP contribution in [-0.4, -0.2) is 24.6 Å². The van der Waals surface area contributed by atoms with Crippen LogP contribution >= 0.6 is 11.8 Å². The Balaban J connectivity index is 2.16. The zero-order valence-corrected chi connectivity index (χ0v) is 10.5. The molecule has 1 rings (SSSR count). The highest BCUT2D eigenvalue weighted by Gasteiger charge is 2.17. The van der Waals surface area contributed by atoms with Crippen molar-refractivity contribution in [3.8, 4) is 0 Å². The first-order chi connectivity index (χ1) is 6.86.